The number of benzene rings is 2. The molecule has 1 atom stereocenters. The van der Waals surface area contributed by atoms with Crippen LogP contribution in [-0.4, -0.2) is 36.6 Å². The largest absolute Gasteiger partial charge is 0.490 e. The molecule has 0 aliphatic heterocycles. The molecule has 0 saturated heterocycles. The van der Waals surface area contributed by atoms with Gasteiger partial charge in [-0.3, -0.25) is 14.9 Å². The quantitative estimate of drug-likeness (QED) is 0.433. The maximum Gasteiger partial charge on any atom is 0.328 e. The lowest BCUT2D eigenvalue weighted by Crippen LogP contribution is -2.43. The van der Waals surface area contributed by atoms with Gasteiger partial charge in [-0.2, -0.15) is 0 Å². The van der Waals surface area contributed by atoms with Gasteiger partial charge in [-0.15, -0.1) is 0 Å². The van der Waals surface area contributed by atoms with E-state index in [2.05, 4.69) is 5.32 Å². The summed E-state index contributed by atoms with van der Waals surface area (Å²) in [6.45, 7) is 1.81. The van der Waals surface area contributed by atoms with Crippen LogP contribution in [0, 0.1) is 10.1 Å². The lowest BCUT2D eigenvalue weighted by molar-refractivity contribution is -0.386. The highest BCUT2D eigenvalue weighted by Gasteiger charge is 2.29. The van der Waals surface area contributed by atoms with Crippen LogP contribution in [0.15, 0.2) is 48.5 Å². The summed E-state index contributed by atoms with van der Waals surface area (Å²) in [6.07, 6.45) is 0.198. The van der Waals surface area contributed by atoms with Gasteiger partial charge in [0.1, 0.15) is 11.6 Å². The van der Waals surface area contributed by atoms with Crippen molar-refractivity contribution in [2.24, 2.45) is 0 Å². The molecular formula is C19H20N2O6. The van der Waals surface area contributed by atoms with E-state index < -0.39 is 28.5 Å². The number of carbonyl (C=O) groups excluding carboxylic acids is 2. The number of rotatable bonds is 8. The lowest BCUT2D eigenvalue weighted by atomic mass is 10.0. The molecule has 2 aromatic carbocycles. The van der Waals surface area contributed by atoms with E-state index in [1.165, 1.54) is 25.3 Å². The Labute approximate surface area is 156 Å². The van der Waals surface area contributed by atoms with E-state index in [-0.39, 0.29) is 24.3 Å². The first-order chi connectivity index (χ1) is 13.0. The maximum absolute atomic E-state index is 12.7. The number of nitrogens with one attached hydrogen (secondary N) is 1. The Morgan fingerprint density at radius 3 is 2.44 bits per heavy atom. The summed E-state index contributed by atoms with van der Waals surface area (Å²) in [6, 6.07) is 12.3. The highest BCUT2D eigenvalue weighted by molar-refractivity contribution is 6.01. The highest BCUT2D eigenvalue weighted by Crippen LogP contribution is 2.30. The second kappa shape index (κ2) is 9.33. The number of nitro groups is 1. The summed E-state index contributed by atoms with van der Waals surface area (Å²) < 4.78 is 9.99. The average Bonchev–Trinajstić information content (AvgIpc) is 2.67. The molecule has 142 valence electrons. The molecule has 0 radical (unpaired) electrons. The number of hydrogen-bond acceptors (Lipinski definition) is 6. The van der Waals surface area contributed by atoms with Crippen molar-refractivity contribution in [3.05, 3.63) is 69.8 Å². The normalized spacial score (nSPS) is 11.3. The molecule has 2 aromatic rings. The lowest BCUT2D eigenvalue weighted by Gasteiger charge is -2.17. The standard InChI is InChI=1S/C19H20N2O6/c1-3-27-19(23)15(12-13-8-5-4-6-9-13)20-18(22)14-10-7-11-16(26-2)17(14)21(24)25/h4-11,15H,3,12H2,1-2H3,(H,20,22). The van der Waals surface area contributed by atoms with E-state index in [0.29, 0.717) is 0 Å². The third-order valence-corrected chi connectivity index (χ3v) is 3.81. The van der Waals surface area contributed by atoms with Gasteiger partial charge in [0.2, 0.25) is 0 Å². The number of hydrogen-bond donors (Lipinski definition) is 1. The van der Waals surface area contributed by atoms with Gasteiger partial charge in [0.15, 0.2) is 5.75 Å². The minimum Gasteiger partial charge on any atom is -0.490 e. The zero-order valence-corrected chi connectivity index (χ0v) is 15.0. The summed E-state index contributed by atoms with van der Waals surface area (Å²) in [5.74, 6) is -1.40. The number of para-hydroxylation sites is 1. The number of nitro benzene ring substituents is 1. The molecule has 1 unspecified atom stereocenters. The number of ether oxygens (including phenoxy) is 2. The molecule has 0 saturated carbocycles. The molecule has 0 fully saturated rings. The van der Waals surface area contributed by atoms with E-state index in [9.17, 15) is 19.7 Å². The molecule has 0 aliphatic carbocycles. The minimum absolute atomic E-state index is 0.0385. The van der Waals surface area contributed by atoms with Gasteiger partial charge >= 0.3 is 11.7 Å². The molecule has 2 rings (SSSR count). The van der Waals surface area contributed by atoms with E-state index in [1.807, 2.05) is 30.3 Å². The molecular weight excluding hydrogens is 352 g/mol. The van der Waals surface area contributed by atoms with Crippen LogP contribution in [0.4, 0.5) is 5.69 Å². The Morgan fingerprint density at radius 1 is 1.15 bits per heavy atom. The fraction of sp³-hybridized carbons (Fsp3) is 0.263. The van der Waals surface area contributed by atoms with Gasteiger partial charge in [0.05, 0.1) is 18.6 Å². The van der Waals surface area contributed by atoms with Crippen molar-refractivity contribution < 1.29 is 24.0 Å². The Balaban J connectivity index is 2.30. The second-order valence-electron chi connectivity index (χ2n) is 5.58. The van der Waals surface area contributed by atoms with Crippen LogP contribution in [0.5, 0.6) is 5.75 Å². The Bertz CT molecular complexity index is 822. The average molecular weight is 372 g/mol. The fourth-order valence-corrected chi connectivity index (χ4v) is 2.58. The van der Waals surface area contributed by atoms with Crippen molar-refractivity contribution in [3.63, 3.8) is 0 Å². The predicted molar refractivity (Wildman–Crippen MR) is 97.7 cm³/mol. The van der Waals surface area contributed by atoms with Crippen LogP contribution in [0.2, 0.25) is 0 Å². The van der Waals surface area contributed by atoms with Crippen molar-refractivity contribution in [2.75, 3.05) is 13.7 Å². The first-order valence-corrected chi connectivity index (χ1v) is 8.30. The van der Waals surface area contributed by atoms with Gasteiger partial charge < -0.3 is 14.8 Å². The van der Waals surface area contributed by atoms with E-state index in [4.69, 9.17) is 9.47 Å². The smallest absolute Gasteiger partial charge is 0.328 e. The van der Waals surface area contributed by atoms with Crippen LogP contribution in [0.1, 0.15) is 22.8 Å². The molecule has 0 heterocycles. The zero-order chi connectivity index (χ0) is 19.8. The molecule has 8 heteroatoms. The van der Waals surface area contributed by atoms with Crippen LogP contribution in [-0.2, 0) is 16.0 Å². The third-order valence-electron chi connectivity index (χ3n) is 3.81. The van der Waals surface area contributed by atoms with Crippen molar-refractivity contribution in [2.45, 2.75) is 19.4 Å². The second-order valence-corrected chi connectivity index (χ2v) is 5.58. The molecule has 27 heavy (non-hydrogen) atoms. The van der Waals surface area contributed by atoms with Crippen molar-refractivity contribution in [1.82, 2.24) is 5.32 Å². The number of amides is 1. The Kier molecular flexibility index (Phi) is 6.87. The molecule has 8 nitrogen and oxygen atoms in total. The summed E-state index contributed by atoms with van der Waals surface area (Å²) in [5, 5.41) is 13.9. The van der Waals surface area contributed by atoms with E-state index in [1.54, 1.807) is 6.92 Å². The Hall–Kier alpha value is -3.42. The van der Waals surface area contributed by atoms with Gasteiger partial charge in [-0.25, -0.2) is 4.79 Å². The number of carbonyl (C=O) groups is 2. The molecule has 0 aromatic heterocycles. The van der Waals surface area contributed by atoms with E-state index in [0.717, 1.165) is 5.56 Å². The van der Waals surface area contributed by atoms with Crippen molar-refractivity contribution in [3.8, 4) is 5.75 Å². The number of esters is 1. The van der Waals surface area contributed by atoms with Crippen LogP contribution in [0.3, 0.4) is 0 Å². The van der Waals surface area contributed by atoms with Crippen LogP contribution in [0.25, 0.3) is 0 Å². The molecule has 0 aliphatic rings. The number of methoxy groups -OCH3 is 1. The van der Waals surface area contributed by atoms with Crippen LogP contribution < -0.4 is 10.1 Å². The fourth-order valence-electron chi connectivity index (χ4n) is 2.58. The number of nitrogens with zero attached hydrogens (tertiary/aromatic N) is 1. The zero-order valence-electron chi connectivity index (χ0n) is 15.0. The summed E-state index contributed by atoms with van der Waals surface area (Å²) in [4.78, 5) is 35.6. The monoisotopic (exact) mass is 372 g/mol. The molecule has 0 spiro atoms. The highest BCUT2D eigenvalue weighted by atomic mass is 16.6. The van der Waals surface area contributed by atoms with Gasteiger partial charge in [0.25, 0.3) is 5.91 Å². The van der Waals surface area contributed by atoms with Crippen molar-refractivity contribution in [1.29, 1.82) is 0 Å². The van der Waals surface area contributed by atoms with Gasteiger partial charge in [0, 0.05) is 6.42 Å². The summed E-state index contributed by atoms with van der Waals surface area (Å²) in [5.41, 5.74) is 0.164. The predicted octanol–water partition coefficient (Wildman–Crippen LogP) is 2.51. The van der Waals surface area contributed by atoms with Gasteiger partial charge in [-0.05, 0) is 24.6 Å². The SMILES string of the molecule is CCOC(=O)C(Cc1ccccc1)NC(=O)c1cccc(OC)c1[N+](=O)[O-]. The summed E-state index contributed by atoms with van der Waals surface area (Å²) >= 11 is 0. The maximum atomic E-state index is 12.7. The summed E-state index contributed by atoms with van der Waals surface area (Å²) in [7, 11) is 1.28. The van der Waals surface area contributed by atoms with Gasteiger partial charge in [-0.1, -0.05) is 36.4 Å². The molecule has 0 bridgehead atoms. The van der Waals surface area contributed by atoms with Crippen LogP contribution >= 0.6 is 0 Å². The third kappa shape index (κ3) is 5.04. The molecule has 1 N–H and O–H groups in total. The van der Waals surface area contributed by atoms with E-state index >= 15 is 0 Å². The van der Waals surface area contributed by atoms with Crippen molar-refractivity contribution >= 4 is 17.6 Å². The topological polar surface area (TPSA) is 108 Å². The first kappa shape index (κ1) is 19.9. The minimum atomic E-state index is -0.981. The molecule has 1 amide bonds. The first-order valence-electron chi connectivity index (χ1n) is 8.30. The Morgan fingerprint density at radius 2 is 1.85 bits per heavy atom.